The van der Waals surface area contributed by atoms with Gasteiger partial charge in [-0.05, 0) is 24.6 Å². The summed E-state index contributed by atoms with van der Waals surface area (Å²) in [7, 11) is 0. The lowest BCUT2D eigenvalue weighted by molar-refractivity contribution is 0.661. The molecule has 2 rings (SSSR count). The van der Waals surface area contributed by atoms with Crippen molar-refractivity contribution in [3.05, 3.63) is 47.6 Å². The third-order valence-corrected chi connectivity index (χ3v) is 2.68. The molecule has 0 spiro atoms. The molecule has 2 aromatic rings. The van der Waals surface area contributed by atoms with Crippen molar-refractivity contribution in [3.63, 3.8) is 0 Å². The van der Waals surface area contributed by atoms with E-state index in [1.165, 1.54) is 11.8 Å². The molecule has 0 aliphatic heterocycles. The zero-order chi connectivity index (χ0) is 13.3. The van der Waals surface area contributed by atoms with Gasteiger partial charge in [-0.15, -0.1) is 0 Å². The predicted molar refractivity (Wildman–Crippen MR) is 76.1 cm³/mol. The van der Waals surface area contributed by atoms with Crippen molar-refractivity contribution in [2.75, 3.05) is 18.4 Å². The Hall–Kier alpha value is -1.72. The summed E-state index contributed by atoms with van der Waals surface area (Å²) in [4.78, 5) is 12.1. The Labute approximate surface area is 117 Å². The normalized spacial score (nSPS) is 10.4. The molecule has 2 aromatic heterocycles. The van der Waals surface area contributed by atoms with Crippen molar-refractivity contribution in [1.82, 2.24) is 20.3 Å². The van der Waals surface area contributed by atoms with Crippen molar-refractivity contribution in [3.8, 4) is 0 Å². The van der Waals surface area contributed by atoms with Gasteiger partial charge in [0.25, 0.3) is 0 Å². The standard InChI is InChI=1S/C13H16ClN5/c14-12-9-17-10-13(19-12)18-6-2-5-16-8-11-3-1-4-15-7-11/h1,3-4,7,9-10,16H,2,5-6,8H2,(H,18,19). The van der Waals surface area contributed by atoms with Crippen molar-refractivity contribution in [2.45, 2.75) is 13.0 Å². The molecule has 2 heterocycles. The molecule has 0 bridgehead atoms. The first-order valence-electron chi connectivity index (χ1n) is 6.15. The number of rotatable bonds is 7. The van der Waals surface area contributed by atoms with Crippen molar-refractivity contribution in [1.29, 1.82) is 0 Å². The number of anilines is 1. The summed E-state index contributed by atoms with van der Waals surface area (Å²) < 4.78 is 0. The molecule has 0 aliphatic carbocycles. The number of nitrogens with zero attached hydrogens (tertiary/aromatic N) is 3. The molecule has 0 amide bonds. The third-order valence-electron chi connectivity index (χ3n) is 2.49. The maximum Gasteiger partial charge on any atom is 0.149 e. The number of aromatic nitrogens is 3. The van der Waals surface area contributed by atoms with Gasteiger partial charge < -0.3 is 10.6 Å². The van der Waals surface area contributed by atoms with Crippen LogP contribution in [0.3, 0.4) is 0 Å². The van der Waals surface area contributed by atoms with E-state index in [9.17, 15) is 0 Å². The molecular weight excluding hydrogens is 262 g/mol. The maximum atomic E-state index is 5.74. The van der Waals surface area contributed by atoms with Gasteiger partial charge in [0.05, 0.1) is 12.4 Å². The number of nitrogens with one attached hydrogen (secondary N) is 2. The van der Waals surface area contributed by atoms with E-state index in [2.05, 4.69) is 31.7 Å². The van der Waals surface area contributed by atoms with E-state index in [4.69, 9.17) is 11.6 Å². The zero-order valence-electron chi connectivity index (χ0n) is 10.5. The average Bonchev–Trinajstić information content (AvgIpc) is 2.44. The zero-order valence-corrected chi connectivity index (χ0v) is 11.3. The van der Waals surface area contributed by atoms with E-state index < -0.39 is 0 Å². The summed E-state index contributed by atoms with van der Waals surface area (Å²) in [6.45, 7) is 2.59. The minimum absolute atomic E-state index is 0.403. The topological polar surface area (TPSA) is 62.7 Å². The van der Waals surface area contributed by atoms with Gasteiger partial charge in [0.2, 0.25) is 0 Å². The quantitative estimate of drug-likeness (QED) is 0.759. The Balaban J connectivity index is 1.58. The smallest absolute Gasteiger partial charge is 0.149 e. The highest BCUT2D eigenvalue weighted by Crippen LogP contribution is 2.06. The molecule has 0 saturated heterocycles. The second-order valence-corrected chi connectivity index (χ2v) is 4.43. The van der Waals surface area contributed by atoms with Crippen LogP contribution < -0.4 is 10.6 Å². The molecule has 2 N–H and O–H groups in total. The van der Waals surface area contributed by atoms with Gasteiger partial charge in [0, 0.05) is 25.5 Å². The largest absolute Gasteiger partial charge is 0.369 e. The minimum Gasteiger partial charge on any atom is -0.369 e. The van der Waals surface area contributed by atoms with Gasteiger partial charge in [0.15, 0.2) is 0 Å². The molecule has 0 atom stereocenters. The highest BCUT2D eigenvalue weighted by atomic mass is 35.5. The van der Waals surface area contributed by atoms with Crippen LogP contribution in [0, 0.1) is 0 Å². The van der Waals surface area contributed by atoms with Crippen LogP contribution in [0.2, 0.25) is 5.15 Å². The average molecular weight is 278 g/mol. The third kappa shape index (κ3) is 5.19. The molecule has 0 saturated carbocycles. The van der Waals surface area contributed by atoms with Crippen molar-refractivity contribution in [2.24, 2.45) is 0 Å². The molecule has 0 unspecified atom stereocenters. The summed E-state index contributed by atoms with van der Waals surface area (Å²) in [6, 6.07) is 4.00. The SMILES string of the molecule is Clc1cncc(NCCCNCc2cccnc2)n1. The highest BCUT2D eigenvalue weighted by molar-refractivity contribution is 6.29. The Morgan fingerprint density at radius 3 is 2.84 bits per heavy atom. The van der Waals surface area contributed by atoms with Gasteiger partial charge in [-0.1, -0.05) is 17.7 Å². The van der Waals surface area contributed by atoms with Crippen LogP contribution in [0.1, 0.15) is 12.0 Å². The van der Waals surface area contributed by atoms with E-state index in [1.807, 2.05) is 12.3 Å². The van der Waals surface area contributed by atoms with Crippen LogP contribution >= 0.6 is 11.6 Å². The molecular formula is C13H16ClN5. The van der Waals surface area contributed by atoms with E-state index in [1.54, 1.807) is 12.4 Å². The Morgan fingerprint density at radius 1 is 1.11 bits per heavy atom. The van der Waals surface area contributed by atoms with Crippen molar-refractivity contribution >= 4 is 17.4 Å². The van der Waals surface area contributed by atoms with E-state index in [0.29, 0.717) is 11.0 Å². The van der Waals surface area contributed by atoms with Crippen molar-refractivity contribution < 1.29 is 0 Å². The number of hydrogen-bond donors (Lipinski definition) is 2. The summed E-state index contributed by atoms with van der Waals surface area (Å²) in [5.41, 5.74) is 1.19. The fourth-order valence-corrected chi connectivity index (χ4v) is 1.74. The van der Waals surface area contributed by atoms with Gasteiger partial charge in [-0.3, -0.25) is 9.97 Å². The second kappa shape index (κ2) is 7.66. The monoisotopic (exact) mass is 277 g/mol. The van der Waals surface area contributed by atoms with Crippen LogP contribution in [-0.4, -0.2) is 28.0 Å². The van der Waals surface area contributed by atoms with Crippen LogP contribution in [0.15, 0.2) is 36.9 Å². The Morgan fingerprint density at radius 2 is 2.05 bits per heavy atom. The van der Waals surface area contributed by atoms with Crippen LogP contribution in [0.4, 0.5) is 5.82 Å². The Kier molecular flexibility index (Phi) is 5.52. The Bertz CT molecular complexity index is 491. The van der Waals surface area contributed by atoms with E-state index in [-0.39, 0.29) is 0 Å². The molecule has 5 nitrogen and oxygen atoms in total. The lowest BCUT2D eigenvalue weighted by atomic mass is 10.3. The second-order valence-electron chi connectivity index (χ2n) is 4.05. The molecule has 0 radical (unpaired) electrons. The number of pyridine rings is 1. The molecule has 100 valence electrons. The first-order valence-corrected chi connectivity index (χ1v) is 6.53. The fraction of sp³-hybridized carbons (Fsp3) is 0.308. The molecule has 0 aromatic carbocycles. The molecule has 19 heavy (non-hydrogen) atoms. The predicted octanol–water partition coefficient (Wildman–Crippen LogP) is 2.12. The van der Waals surface area contributed by atoms with Gasteiger partial charge in [0.1, 0.15) is 11.0 Å². The van der Waals surface area contributed by atoms with Gasteiger partial charge in [-0.25, -0.2) is 4.98 Å². The van der Waals surface area contributed by atoms with E-state index >= 15 is 0 Å². The maximum absolute atomic E-state index is 5.74. The van der Waals surface area contributed by atoms with Crippen LogP contribution in [0.25, 0.3) is 0 Å². The van der Waals surface area contributed by atoms with E-state index in [0.717, 1.165) is 26.1 Å². The fourth-order valence-electron chi connectivity index (χ4n) is 1.59. The lowest BCUT2D eigenvalue weighted by Crippen LogP contribution is -2.18. The van der Waals surface area contributed by atoms with Gasteiger partial charge >= 0.3 is 0 Å². The van der Waals surface area contributed by atoms with Gasteiger partial charge in [-0.2, -0.15) is 0 Å². The first kappa shape index (κ1) is 13.7. The molecule has 0 fully saturated rings. The first-order chi connectivity index (χ1) is 9.34. The molecule has 0 aliphatic rings. The number of halogens is 1. The highest BCUT2D eigenvalue weighted by Gasteiger charge is 1.96. The number of hydrogen-bond acceptors (Lipinski definition) is 5. The molecule has 6 heteroatoms. The summed E-state index contributed by atoms with van der Waals surface area (Å²) >= 11 is 5.74. The minimum atomic E-state index is 0.403. The summed E-state index contributed by atoms with van der Waals surface area (Å²) in [6.07, 6.45) is 7.82. The summed E-state index contributed by atoms with van der Waals surface area (Å²) in [5, 5.41) is 6.93. The summed E-state index contributed by atoms with van der Waals surface area (Å²) in [5.74, 6) is 0.708. The van der Waals surface area contributed by atoms with Crippen LogP contribution in [-0.2, 0) is 6.54 Å². The lowest BCUT2D eigenvalue weighted by Gasteiger charge is -2.06. The van der Waals surface area contributed by atoms with Crippen LogP contribution in [0.5, 0.6) is 0 Å².